The number of carbonyl (C=O) groups is 1. The molecule has 8 nitrogen and oxygen atoms in total. The summed E-state index contributed by atoms with van der Waals surface area (Å²) in [4.78, 5) is 35.7. The van der Waals surface area contributed by atoms with Crippen molar-refractivity contribution >= 4 is 46.3 Å². The molecule has 3 aromatic heterocycles. The number of carboxylic acid groups (broad SMARTS) is 1. The number of halogens is 2. The number of fused-ring (bicyclic) bond motifs is 2. The summed E-state index contributed by atoms with van der Waals surface area (Å²) in [5, 5.41) is 13.1. The SMILES string of the molecule is C[C@@H](Nc1ccc(Cl)nc1C(=O)O)c1cc(Cl)cn2c(=O)cc(N3Cc4ccccc4[C@@H]3C)nc12. The van der Waals surface area contributed by atoms with Crippen LogP contribution in [0.15, 0.2) is 59.5 Å². The lowest BCUT2D eigenvalue weighted by Gasteiger charge is -2.24. The van der Waals surface area contributed by atoms with E-state index in [4.69, 9.17) is 28.2 Å². The van der Waals surface area contributed by atoms with Crippen LogP contribution in [0.25, 0.3) is 5.65 Å². The minimum atomic E-state index is -1.21. The summed E-state index contributed by atoms with van der Waals surface area (Å²) in [5.74, 6) is -0.647. The number of aromatic nitrogens is 3. The van der Waals surface area contributed by atoms with Crippen LogP contribution in [-0.4, -0.2) is 25.4 Å². The molecule has 0 fully saturated rings. The summed E-state index contributed by atoms with van der Waals surface area (Å²) < 4.78 is 1.41. The predicted octanol–water partition coefficient (Wildman–Crippen LogP) is 5.35. The van der Waals surface area contributed by atoms with Crippen molar-refractivity contribution in [3.8, 4) is 0 Å². The molecule has 4 aromatic rings. The third kappa shape index (κ3) is 4.19. The minimum absolute atomic E-state index is 0.0603. The van der Waals surface area contributed by atoms with E-state index >= 15 is 0 Å². The number of anilines is 2. The third-order valence-corrected chi connectivity index (χ3v) is 6.67. The van der Waals surface area contributed by atoms with E-state index in [9.17, 15) is 14.7 Å². The molecule has 1 aliphatic heterocycles. The van der Waals surface area contributed by atoms with E-state index in [0.717, 1.165) is 0 Å². The Morgan fingerprint density at radius 1 is 1.17 bits per heavy atom. The first kappa shape index (κ1) is 23.1. The van der Waals surface area contributed by atoms with E-state index in [0.29, 0.717) is 28.6 Å². The van der Waals surface area contributed by atoms with Crippen molar-refractivity contribution in [3.63, 3.8) is 0 Å². The number of nitrogens with one attached hydrogen (secondary N) is 1. The van der Waals surface area contributed by atoms with E-state index in [1.807, 2.05) is 19.1 Å². The lowest BCUT2D eigenvalue weighted by Crippen LogP contribution is -2.25. The normalized spacial score (nSPS) is 15.8. The van der Waals surface area contributed by atoms with Gasteiger partial charge in [0, 0.05) is 24.4 Å². The number of nitrogens with zero attached hydrogens (tertiary/aromatic N) is 4. The number of hydrogen-bond acceptors (Lipinski definition) is 6. The van der Waals surface area contributed by atoms with Crippen LogP contribution in [0.4, 0.5) is 11.5 Å². The van der Waals surface area contributed by atoms with Crippen LogP contribution in [0.2, 0.25) is 10.2 Å². The van der Waals surface area contributed by atoms with Crippen molar-refractivity contribution in [3.05, 3.63) is 97.6 Å². The number of benzene rings is 1. The van der Waals surface area contributed by atoms with Gasteiger partial charge < -0.3 is 15.3 Å². The molecule has 1 aromatic carbocycles. The maximum atomic E-state index is 13.1. The van der Waals surface area contributed by atoms with Crippen molar-refractivity contribution in [2.45, 2.75) is 32.5 Å². The van der Waals surface area contributed by atoms with Gasteiger partial charge in [0.05, 0.1) is 22.8 Å². The summed E-state index contributed by atoms with van der Waals surface area (Å²) in [5.41, 5.74) is 3.29. The van der Waals surface area contributed by atoms with Gasteiger partial charge in [-0.1, -0.05) is 47.5 Å². The van der Waals surface area contributed by atoms with Gasteiger partial charge in [-0.25, -0.2) is 14.8 Å². The van der Waals surface area contributed by atoms with Crippen LogP contribution in [0.3, 0.4) is 0 Å². The highest BCUT2D eigenvalue weighted by Crippen LogP contribution is 2.36. The molecule has 0 spiro atoms. The average Bonchev–Trinajstić information content (AvgIpc) is 3.16. The van der Waals surface area contributed by atoms with E-state index < -0.39 is 12.0 Å². The van der Waals surface area contributed by atoms with Crippen LogP contribution in [-0.2, 0) is 6.54 Å². The smallest absolute Gasteiger partial charge is 0.356 e. The Kier molecular flexibility index (Phi) is 5.86. The van der Waals surface area contributed by atoms with E-state index in [2.05, 4.69) is 34.3 Å². The average molecular weight is 510 g/mol. The molecule has 0 unspecified atom stereocenters. The molecule has 4 heterocycles. The number of hydrogen-bond donors (Lipinski definition) is 2. The van der Waals surface area contributed by atoms with Crippen LogP contribution < -0.4 is 15.8 Å². The Hall–Kier alpha value is -3.62. The molecule has 0 aliphatic carbocycles. The molecule has 0 radical (unpaired) electrons. The first-order valence-corrected chi connectivity index (χ1v) is 11.7. The first-order chi connectivity index (χ1) is 16.7. The maximum absolute atomic E-state index is 13.1. The molecule has 35 heavy (non-hydrogen) atoms. The van der Waals surface area contributed by atoms with E-state index in [1.54, 1.807) is 12.1 Å². The third-order valence-electron chi connectivity index (χ3n) is 6.25. The summed E-state index contributed by atoms with van der Waals surface area (Å²) in [6.45, 7) is 4.57. The predicted molar refractivity (Wildman–Crippen MR) is 136 cm³/mol. The fourth-order valence-electron chi connectivity index (χ4n) is 4.53. The lowest BCUT2D eigenvalue weighted by molar-refractivity contribution is 0.0691. The molecule has 0 saturated carbocycles. The fourth-order valence-corrected chi connectivity index (χ4v) is 4.89. The summed E-state index contributed by atoms with van der Waals surface area (Å²) >= 11 is 12.2. The molecule has 0 bridgehead atoms. The van der Waals surface area contributed by atoms with Crippen LogP contribution >= 0.6 is 23.2 Å². The summed E-state index contributed by atoms with van der Waals surface area (Å²) in [7, 11) is 0. The topological polar surface area (TPSA) is 99.8 Å². The highest BCUT2D eigenvalue weighted by atomic mass is 35.5. The Labute approximate surface area is 210 Å². The first-order valence-electron chi connectivity index (χ1n) is 11.0. The van der Waals surface area contributed by atoms with Gasteiger partial charge in [-0.3, -0.25) is 9.20 Å². The number of rotatable bonds is 5. The minimum Gasteiger partial charge on any atom is -0.476 e. The van der Waals surface area contributed by atoms with Gasteiger partial charge in [0.1, 0.15) is 16.6 Å². The second-order valence-corrected chi connectivity index (χ2v) is 9.29. The lowest BCUT2D eigenvalue weighted by atomic mass is 10.1. The van der Waals surface area contributed by atoms with Gasteiger partial charge in [0.2, 0.25) is 0 Å². The maximum Gasteiger partial charge on any atom is 0.356 e. The molecular weight excluding hydrogens is 489 g/mol. The van der Waals surface area contributed by atoms with Crippen molar-refractivity contribution in [1.82, 2.24) is 14.4 Å². The molecule has 2 N–H and O–H groups in total. The fraction of sp³-hybridized carbons (Fsp3) is 0.200. The van der Waals surface area contributed by atoms with Gasteiger partial charge in [-0.15, -0.1) is 0 Å². The highest BCUT2D eigenvalue weighted by Gasteiger charge is 2.28. The largest absolute Gasteiger partial charge is 0.476 e. The molecule has 2 atom stereocenters. The molecular formula is C25H21Cl2N5O3. The second kappa shape index (κ2) is 8.87. The van der Waals surface area contributed by atoms with Crippen LogP contribution in [0.5, 0.6) is 0 Å². The van der Waals surface area contributed by atoms with Gasteiger partial charge in [-0.2, -0.15) is 0 Å². The zero-order valence-electron chi connectivity index (χ0n) is 18.9. The van der Waals surface area contributed by atoms with Crippen molar-refractivity contribution in [2.24, 2.45) is 0 Å². The van der Waals surface area contributed by atoms with E-state index in [1.165, 1.54) is 33.9 Å². The van der Waals surface area contributed by atoms with Crippen molar-refractivity contribution in [1.29, 1.82) is 0 Å². The molecule has 0 amide bonds. The molecule has 178 valence electrons. The monoisotopic (exact) mass is 509 g/mol. The van der Waals surface area contributed by atoms with Gasteiger partial charge in [-0.05, 0) is 43.2 Å². The van der Waals surface area contributed by atoms with Gasteiger partial charge in [0.25, 0.3) is 5.56 Å². The number of carboxylic acids is 1. The summed E-state index contributed by atoms with van der Waals surface area (Å²) in [6.07, 6.45) is 1.53. The Morgan fingerprint density at radius 2 is 1.94 bits per heavy atom. The Bertz CT molecular complexity index is 1540. The molecule has 5 rings (SSSR count). The zero-order chi connectivity index (χ0) is 24.9. The standard InChI is InChI=1S/C25H21Cl2N5O3/c1-13(28-19-7-8-20(27)29-23(19)25(34)35)18-9-16(26)12-32-22(33)10-21(30-24(18)32)31-11-15-5-3-4-6-17(15)14(31)2/h3-10,12-14,28H,11H2,1-2H3,(H,34,35)/t13-,14+/m1/s1. The van der Waals surface area contributed by atoms with Crippen LogP contribution in [0.1, 0.15) is 53.1 Å². The molecule has 0 saturated heterocycles. The second-order valence-electron chi connectivity index (χ2n) is 8.46. The molecule has 1 aliphatic rings. The Morgan fingerprint density at radius 3 is 2.69 bits per heavy atom. The Balaban J connectivity index is 1.58. The van der Waals surface area contributed by atoms with E-state index in [-0.39, 0.29) is 28.1 Å². The van der Waals surface area contributed by atoms with Crippen molar-refractivity contribution in [2.75, 3.05) is 10.2 Å². The number of pyridine rings is 2. The summed E-state index contributed by atoms with van der Waals surface area (Å²) in [6, 6.07) is 14.1. The highest BCUT2D eigenvalue weighted by molar-refractivity contribution is 6.30. The van der Waals surface area contributed by atoms with Gasteiger partial charge in [0.15, 0.2) is 5.69 Å². The van der Waals surface area contributed by atoms with Crippen LogP contribution in [0, 0.1) is 0 Å². The zero-order valence-corrected chi connectivity index (χ0v) is 20.4. The van der Waals surface area contributed by atoms with Crippen molar-refractivity contribution < 1.29 is 9.90 Å². The quantitative estimate of drug-likeness (QED) is 0.349. The van der Waals surface area contributed by atoms with Gasteiger partial charge >= 0.3 is 5.97 Å². The number of aromatic carboxylic acids is 1. The molecule has 10 heteroatoms.